The van der Waals surface area contributed by atoms with Gasteiger partial charge in [-0.15, -0.1) is 0 Å². The molecule has 0 unspecified atom stereocenters. The van der Waals surface area contributed by atoms with Crippen molar-refractivity contribution in [3.05, 3.63) is 51.6 Å². The van der Waals surface area contributed by atoms with Crippen molar-refractivity contribution in [2.24, 2.45) is 5.10 Å². The number of piperazine rings is 1. The number of aliphatic hydroxyl groups is 2. The molecule has 0 saturated carbocycles. The summed E-state index contributed by atoms with van der Waals surface area (Å²) in [5.41, 5.74) is -2.15. The van der Waals surface area contributed by atoms with E-state index in [9.17, 15) is 34.8 Å². The molecule has 2 fully saturated rings. The maximum Gasteiger partial charge on any atom is 0.314 e. The minimum absolute atomic E-state index is 0.00275. The van der Waals surface area contributed by atoms with E-state index in [2.05, 4.69) is 15.5 Å². The molecule has 0 radical (unpaired) electrons. The summed E-state index contributed by atoms with van der Waals surface area (Å²) in [6, 6.07) is 3.24. The number of hydrazone groups is 1. The van der Waals surface area contributed by atoms with Crippen molar-refractivity contribution < 1.29 is 49.0 Å². The van der Waals surface area contributed by atoms with Crippen LogP contribution in [0.3, 0.4) is 0 Å². The molecule has 2 amide bonds. The van der Waals surface area contributed by atoms with Gasteiger partial charge < -0.3 is 50.2 Å². The van der Waals surface area contributed by atoms with Crippen molar-refractivity contribution in [3.63, 3.8) is 0 Å². The topological polar surface area (TPSA) is 203 Å². The third-order valence-electron chi connectivity index (χ3n) is 10.1. The number of nitrogens with one attached hydrogen (secondary N) is 2. The van der Waals surface area contributed by atoms with E-state index < -0.39 is 70.9 Å². The van der Waals surface area contributed by atoms with Crippen LogP contribution in [-0.4, -0.2) is 131 Å². The molecular formula is C34H43N5O10. The van der Waals surface area contributed by atoms with Crippen LogP contribution in [0.1, 0.15) is 75.8 Å². The lowest BCUT2D eigenvalue weighted by Crippen LogP contribution is -2.57. The number of fused-ring (bicyclic) bond motifs is 3. The minimum Gasteiger partial charge on any atom is -0.507 e. The number of ketones is 2. The number of nitrogens with zero attached hydrogens (tertiary/aromatic N) is 3. The van der Waals surface area contributed by atoms with Crippen LogP contribution in [0.5, 0.6) is 17.2 Å². The summed E-state index contributed by atoms with van der Waals surface area (Å²) in [4.78, 5) is 42.2. The molecule has 15 heteroatoms. The number of amides is 2. The number of aliphatic hydroxyl groups excluding tert-OH is 1. The van der Waals surface area contributed by atoms with E-state index in [-0.39, 0.29) is 52.8 Å². The van der Waals surface area contributed by atoms with Crippen molar-refractivity contribution in [2.45, 2.75) is 69.4 Å². The van der Waals surface area contributed by atoms with Crippen LogP contribution in [0.4, 0.5) is 4.79 Å². The number of likely N-dealkylation sites (N-methyl/N-ethyl adjacent to an activating group) is 1. The second kappa shape index (κ2) is 13.2. The Labute approximate surface area is 283 Å². The lowest BCUT2D eigenvalue weighted by atomic mass is 9.71. The van der Waals surface area contributed by atoms with Crippen LogP contribution in [-0.2, 0) is 15.9 Å². The molecule has 2 heterocycles. The van der Waals surface area contributed by atoms with Gasteiger partial charge in [0, 0.05) is 69.2 Å². The molecule has 264 valence electrons. The van der Waals surface area contributed by atoms with Crippen molar-refractivity contribution in [3.8, 4) is 17.2 Å². The Bertz CT molecular complexity index is 1710. The molecule has 2 saturated heterocycles. The Morgan fingerprint density at radius 1 is 1.08 bits per heavy atom. The van der Waals surface area contributed by atoms with Gasteiger partial charge in [0.2, 0.25) is 5.78 Å². The highest BCUT2D eigenvalue weighted by Gasteiger charge is 2.49. The molecule has 2 aromatic carbocycles. The van der Waals surface area contributed by atoms with Crippen molar-refractivity contribution >= 4 is 23.3 Å². The van der Waals surface area contributed by atoms with Gasteiger partial charge in [-0.1, -0.05) is 12.1 Å². The fourth-order valence-corrected chi connectivity index (χ4v) is 7.22. The molecule has 6 rings (SSSR count). The minimum atomic E-state index is -1.72. The summed E-state index contributed by atoms with van der Waals surface area (Å²) in [7, 11) is 4.82. The van der Waals surface area contributed by atoms with E-state index >= 15 is 0 Å². The number of methoxy groups -OCH3 is 1. The third kappa shape index (κ3) is 6.10. The zero-order valence-electron chi connectivity index (χ0n) is 28.1. The molecule has 2 aliphatic carbocycles. The van der Waals surface area contributed by atoms with Gasteiger partial charge in [-0.3, -0.25) is 14.6 Å². The fraction of sp³-hybridized carbons (Fsp3) is 0.529. The smallest absolute Gasteiger partial charge is 0.314 e. The van der Waals surface area contributed by atoms with Gasteiger partial charge in [0.25, 0.3) is 0 Å². The molecule has 2 aromatic rings. The summed E-state index contributed by atoms with van der Waals surface area (Å²) in [6.07, 6.45) is -4.51. The van der Waals surface area contributed by atoms with Crippen LogP contribution in [0, 0.1) is 0 Å². The van der Waals surface area contributed by atoms with Gasteiger partial charge in [-0.25, -0.2) is 4.79 Å². The quantitative estimate of drug-likeness (QED) is 0.160. The molecule has 15 nitrogen and oxygen atoms in total. The summed E-state index contributed by atoms with van der Waals surface area (Å²) in [5.74, 6) is -2.39. The van der Waals surface area contributed by atoms with Crippen LogP contribution >= 0.6 is 0 Å². The summed E-state index contributed by atoms with van der Waals surface area (Å²) < 4.78 is 17.8. The summed E-state index contributed by atoms with van der Waals surface area (Å²) in [5, 5.41) is 58.5. The van der Waals surface area contributed by atoms with Crippen molar-refractivity contribution in [2.75, 3.05) is 47.4 Å². The van der Waals surface area contributed by atoms with Gasteiger partial charge in [-0.2, -0.15) is 5.10 Å². The fourth-order valence-electron chi connectivity index (χ4n) is 7.22. The van der Waals surface area contributed by atoms with Gasteiger partial charge >= 0.3 is 6.03 Å². The van der Waals surface area contributed by atoms with Gasteiger partial charge in [0.15, 0.2) is 12.1 Å². The number of aromatic hydroxyl groups is 2. The standard InChI is InChI=1S/C34H43N5O10/c1-16-28(40)20(36-33(45)35-3)13-23(48-16)49-22-15-34(46,17(2)37-39-11-9-38(4)10-12-39)14-19-25(22)32(44)27-26(30(19)42)29(41)18-7-6-8-21(47-5)24(18)31(27)43/h6-8,16,20,22-23,28,40,42,44,46H,9-15H2,1-5H3,(H2,35,36,45)/b37-17-/t16-,20-,22-,23-,28+,34-/m0/s1. The van der Waals surface area contributed by atoms with E-state index in [1.54, 1.807) is 19.9 Å². The SMILES string of the molecule is CNC(=O)N[C@H]1C[C@H](O[C@H]2C[C@](O)(/C(C)=N\N3CCN(C)CC3)Cc3c(O)c4c(c(O)c32)C(=O)c2c(OC)cccc2C4=O)O[C@@H](C)[C@H]1O. The van der Waals surface area contributed by atoms with Crippen LogP contribution in [0.2, 0.25) is 0 Å². The molecule has 0 aromatic heterocycles. The van der Waals surface area contributed by atoms with Crippen LogP contribution < -0.4 is 15.4 Å². The lowest BCUT2D eigenvalue weighted by Gasteiger charge is -2.43. The normalized spacial score (nSPS) is 28.8. The first-order chi connectivity index (χ1) is 23.3. The number of phenols is 2. The average molecular weight is 682 g/mol. The highest BCUT2D eigenvalue weighted by molar-refractivity contribution is 6.31. The molecule has 2 aliphatic heterocycles. The van der Waals surface area contributed by atoms with E-state index in [0.717, 1.165) is 13.1 Å². The predicted octanol–water partition coefficient (Wildman–Crippen LogP) is 1.03. The second-order valence-electron chi connectivity index (χ2n) is 13.2. The van der Waals surface area contributed by atoms with E-state index in [4.69, 9.17) is 19.3 Å². The number of hydrogen-bond acceptors (Lipinski definition) is 13. The molecule has 49 heavy (non-hydrogen) atoms. The molecule has 6 N–H and O–H groups in total. The Hall–Kier alpha value is -4.28. The molecule has 0 spiro atoms. The maximum atomic E-state index is 14.0. The number of urea groups is 1. The molecule has 4 aliphatic rings. The lowest BCUT2D eigenvalue weighted by molar-refractivity contribution is -0.247. The first-order valence-electron chi connectivity index (χ1n) is 16.3. The van der Waals surface area contributed by atoms with Crippen molar-refractivity contribution in [1.29, 1.82) is 0 Å². The number of carbonyl (C=O) groups excluding carboxylic acids is 3. The number of phenolic OH excluding ortho intramolecular Hbond substituents is 2. The summed E-state index contributed by atoms with van der Waals surface area (Å²) in [6.45, 7) is 6.12. The zero-order valence-corrected chi connectivity index (χ0v) is 28.1. The first kappa shape index (κ1) is 34.6. The highest BCUT2D eigenvalue weighted by Crippen LogP contribution is 2.52. The summed E-state index contributed by atoms with van der Waals surface area (Å²) >= 11 is 0. The average Bonchev–Trinajstić information content (AvgIpc) is 3.07. The Morgan fingerprint density at radius 2 is 1.78 bits per heavy atom. The third-order valence-corrected chi connectivity index (χ3v) is 10.1. The van der Waals surface area contributed by atoms with Gasteiger partial charge in [0.05, 0.1) is 47.8 Å². The molecule has 6 atom stereocenters. The number of hydrogen-bond donors (Lipinski definition) is 6. The largest absolute Gasteiger partial charge is 0.507 e. The van der Waals surface area contributed by atoms with E-state index in [1.165, 1.54) is 26.3 Å². The first-order valence-corrected chi connectivity index (χ1v) is 16.3. The number of carbonyl (C=O) groups is 3. The number of rotatable bonds is 6. The van der Waals surface area contributed by atoms with Crippen LogP contribution in [0.15, 0.2) is 23.3 Å². The van der Waals surface area contributed by atoms with E-state index in [1.807, 2.05) is 12.1 Å². The Balaban J connectivity index is 1.45. The monoisotopic (exact) mass is 681 g/mol. The Kier molecular flexibility index (Phi) is 9.32. The number of ether oxygens (including phenoxy) is 3. The Morgan fingerprint density at radius 3 is 2.45 bits per heavy atom. The second-order valence-corrected chi connectivity index (χ2v) is 13.2. The predicted molar refractivity (Wildman–Crippen MR) is 175 cm³/mol. The maximum absolute atomic E-state index is 14.0. The van der Waals surface area contributed by atoms with Crippen molar-refractivity contribution in [1.82, 2.24) is 20.5 Å². The molecular weight excluding hydrogens is 638 g/mol. The highest BCUT2D eigenvalue weighted by atomic mass is 16.7. The molecule has 0 bridgehead atoms. The van der Waals surface area contributed by atoms with E-state index in [0.29, 0.717) is 18.8 Å². The number of benzene rings is 2. The zero-order chi connectivity index (χ0) is 35.4. The van der Waals surface area contributed by atoms with Gasteiger partial charge in [0.1, 0.15) is 29.0 Å². The van der Waals surface area contributed by atoms with Gasteiger partial charge in [-0.05, 0) is 27.0 Å². The van der Waals surface area contributed by atoms with Crippen LogP contribution in [0.25, 0.3) is 0 Å².